The molecule has 0 aliphatic rings. The predicted molar refractivity (Wildman–Crippen MR) is 69.7 cm³/mol. The number of ether oxygens (including phenoxy) is 1. The Hall–Kier alpha value is -2.30. The highest BCUT2D eigenvalue weighted by Crippen LogP contribution is 2.34. The fourth-order valence-electron chi connectivity index (χ4n) is 1.95. The van der Waals surface area contributed by atoms with Gasteiger partial charge >= 0.3 is 5.97 Å². The van der Waals surface area contributed by atoms with E-state index in [9.17, 15) is 9.90 Å². The molecule has 0 amide bonds. The highest BCUT2D eigenvalue weighted by molar-refractivity contribution is 5.96. The van der Waals surface area contributed by atoms with Gasteiger partial charge in [-0.2, -0.15) is 0 Å². The zero-order chi connectivity index (χ0) is 14.2. The molecule has 2 aromatic rings. The fraction of sp³-hybridized carbons (Fsp3) is 0.286. The van der Waals surface area contributed by atoms with Crippen LogP contribution in [0, 0.1) is 20.8 Å². The van der Waals surface area contributed by atoms with Crippen LogP contribution in [-0.4, -0.2) is 23.3 Å². The Morgan fingerprint density at radius 3 is 2.47 bits per heavy atom. The standard InChI is InChI=1S/C14H15NO4/c1-7-5-10(11(18-4)6-8(7)2)13-12(14(16)17)9(3)19-15-13/h5-6H,1-4H3,(H,16,17). The zero-order valence-electron chi connectivity index (χ0n) is 11.3. The van der Waals surface area contributed by atoms with Crippen LogP contribution in [0.4, 0.5) is 0 Å². The quantitative estimate of drug-likeness (QED) is 0.919. The van der Waals surface area contributed by atoms with Crippen LogP contribution < -0.4 is 4.74 Å². The SMILES string of the molecule is COc1cc(C)c(C)cc1-c1noc(C)c1C(=O)O. The summed E-state index contributed by atoms with van der Waals surface area (Å²) < 4.78 is 10.3. The van der Waals surface area contributed by atoms with E-state index in [-0.39, 0.29) is 11.3 Å². The molecule has 0 bridgehead atoms. The highest BCUT2D eigenvalue weighted by Gasteiger charge is 2.23. The van der Waals surface area contributed by atoms with E-state index < -0.39 is 5.97 Å². The van der Waals surface area contributed by atoms with Crippen molar-refractivity contribution in [3.8, 4) is 17.0 Å². The average molecular weight is 261 g/mol. The third-order valence-electron chi connectivity index (χ3n) is 3.15. The Labute approximate surface area is 110 Å². The van der Waals surface area contributed by atoms with Crippen LogP contribution in [-0.2, 0) is 0 Å². The number of aromatic nitrogens is 1. The molecule has 0 saturated heterocycles. The van der Waals surface area contributed by atoms with Gasteiger partial charge in [0.05, 0.1) is 7.11 Å². The van der Waals surface area contributed by atoms with Crippen molar-refractivity contribution in [1.82, 2.24) is 5.16 Å². The van der Waals surface area contributed by atoms with Gasteiger partial charge in [-0.1, -0.05) is 5.16 Å². The Balaban J connectivity index is 2.72. The Kier molecular flexibility index (Phi) is 3.29. The highest BCUT2D eigenvalue weighted by atomic mass is 16.5. The molecule has 0 unspecified atom stereocenters. The van der Waals surface area contributed by atoms with E-state index in [1.54, 1.807) is 14.0 Å². The lowest BCUT2D eigenvalue weighted by molar-refractivity contribution is 0.0696. The summed E-state index contributed by atoms with van der Waals surface area (Å²) in [7, 11) is 1.54. The van der Waals surface area contributed by atoms with Crippen LogP contribution >= 0.6 is 0 Å². The fourth-order valence-corrected chi connectivity index (χ4v) is 1.95. The van der Waals surface area contributed by atoms with Crippen LogP contribution in [0.5, 0.6) is 5.75 Å². The molecule has 100 valence electrons. The molecule has 0 atom stereocenters. The van der Waals surface area contributed by atoms with E-state index in [0.29, 0.717) is 17.0 Å². The summed E-state index contributed by atoms with van der Waals surface area (Å²) >= 11 is 0. The van der Waals surface area contributed by atoms with Gasteiger partial charge in [-0.15, -0.1) is 0 Å². The molecular formula is C14H15NO4. The van der Waals surface area contributed by atoms with Gasteiger partial charge in [0.15, 0.2) is 0 Å². The normalized spacial score (nSPS) is 10.5. The number of benzene rings is 1. The second kappa shape index (κ2) is 4.76. The Morgan fingerprint density at radius 2 is 1.89 bits per heavy atom. The summed E-state index contributed by atoms with van der Waals surface area (Å²) in [6.45, 7) is 5.49. The van der Waals surface area contributed by atoms with Gasteiger partial charge in [-0.3, -0.25) is 0 Å². The van der Waals surface area contributed by atoms with Crippen molar-refractivity contribution in [2.75, 3.05) is 7.11 Å². The number of carboxylic acid groups (broad SMARTS) is 1. The molecule has 0 spiro atoms. The molecule has 0 radical (unpaired) electrons. The molecular weight excluding hydrogens is 246 g/mol. The largest absolute Gasteiger partial charge is 0.496 e. The first kappa shape index (κ1) is 13.1. The van der Waals surface area contributed by atoms with Crippen molar-refractivity contribution < 1.29 is 19.2 Å². The van der Waals surface area contributed by atoms with Crippen molar-refractivity contribution in [3.05, 3.63) is 34.6 Å². The minimum atomic E-state index is -1.06. The van der Waals surface area contributed by atoms with E-state index in [0.717, 1.165) is 11.1 Å². The molecule has 1 aromatic carbocycles. The summed E-state index contributed by atoms with van der Waals surface area (Å²) in [6, 6.07) is 3.72. The molecule has 1 aromatic heterocycles. The maximum atomic E-state index is 11.3. The number of methoxy groups -OCH3 is 1. The van der Waals surface area contributed by atoms with Crippen LogP contribution in [0.2, 0.25) is 0 Å². The van der Waals surface area contributed by atoms with Crippen LogP contribution in [0.15, 0.2) is 16.7 Å². The van der Waals surface area contributed by atoms with Gasteiger partial charge in [0.1, 0.15) is 22.8 Å². The predicted octanol–water partition coefficient (Wildman–Crippen LogP) is 2.97. The molecule has 0 saturated carbocycles. The second-order valence-corrected chi connectivity index (χ2v) is 4.40. The van der Waals surface area contributed by atoms with Gasteiger partial charge in [0.25, 0.3) is 0 Å². The van der Waals surface area contributed by atoms with Crippen LogP contribution in [0.25, 0.3) is 11.3 Å². The lowest BCUT2D eigenvalue weighted by atomic mass is 10.00. The van der Waals surface area contributed by atoms with Crippen LogP contribution in [0.3, 0.4) is 0 Å². The van der Waals surface area contributed by atoms with E-state index in [4.69, 9.17) is 9.26 Å². The van der Waals surface area contributed by atoms with E-state index in [1.165, 1.54) is 0 Å². The third kappa shape index (κ3) is 2.19. The van der Waals surface area contributed by atoms with E-state index in [1.807, 2.05) is 26.0 Å². The van der Waals surface area contributed by atoms with Gasteiger partial charge in [-0.05, 0) is 44.0 Å². The molecule has 1 heterocycles. The Bertz CT molecular complexity index is 643. The number of nitrogens with zero attached hydrogens (tertiary/aromatic N) is 1. The molecule has 5 heteroatoms. The Morgan fingerprint density at radius 1 is 1.26 bits per heavy atom. The molecule has 1 N–H and O–H groups in total. The number of hydrogen-bond acceptors (Lipinski definition) is 4. The zero-order valence-corrected chi connectivity index (χ0v) is 11.3. The van der Waals surface area contributed by atoms with Gasteiger partial charge in [0, 0.05) is 5.56 Å². The molecule has 0 aliphatic heterocycles. The first-order valence-corrected chi connectivity index (χ1v) is 5.81. The summed E-state index contributed by atoms with van der Waals surface area (Å²) in [6.07, 6.45) is 0. The minimum Gasteiger partial charge on any atom is -0.496 e. The first-order chi connectivity index (χ1) is 8.95. The number of carboxylic acids is 1. The molecule has 2 rings (SSSR count). The van der Waals surface area contributed by atoms with Crippen molar-refractivity contribution >= 4 is 5.97 Å². The number of aromatic carboxylic acids is 1. The molecule has 5 nitrogen and oxygen atoms in total. The van der Waals surface area contributed by atoms with Gasteiger partial charge < -0.3 is 14.4 Å². The van der Waals surface area contributed by atoms with Crippen molar-refractivity contribution in [1.29, 1.82) is 0 Å². The van der Waals surface area contributed by atoms with Crippen LogP contribution in [0.1, 0.15) is 27.2 Å². The summed E-state index contributed by atoms with van der Waals surface area (Å²) in [4.78, 5) is 11.3. The second-order valence-electron chi connectivity index (χ2n) is 4.40. The maximum Gasteiger partial charge on any atom is 0.341 e. The lowest BCUT2D eigenvalue weighted by Crippen LogP contribution is -2.01. The van der Waals surface area contributed by atoms with E-state index >= 15 is 0 Å². The monoisotopic (exact) mass is 261 g/mol. The summed E-state index contributed by atoms with van der Waals surface area (Å²) in [5.41, 5.74) is 3.09. The minimum absolute atomic E-state index is 0.0709. The number of rotatable bonds is 3. The number of aryl methyl sites for hydroxylation is 3. The smallest absolute Gasteiger partial charge is 0.341 e. The molecule has 19 heavy (non-hydrogen) atoms. The van der Waals surface area contributed by atoms with Gasteiger partial charge in [-0.25, -0.2) is 4.79 Å². The number of hydrogen-bond donors (Lipinski definition) is 1. The van der Waals surface area contributed by atoms with Gasteiger partial charge in [0.2, 0.25) is 0 Å². The average Bonchev–Trinajstić information content (AvgIpc) is 2.74. The number of carbonyl (C=O) groups is 1. The van der Waals surface area contributed by atoms with E-state index in [2.05, 4.69) is 5.16 Å². The van der Waals surface area contributed by atoms with Crippen molar-refractivity contribution in [2.24, 2.45) is 0 Å². The van der Waals surface area contributed by atoms with Crippen molar-refractivity contribution in [3.63, 3.8) is 0 Å². The third-order valence-corrected chi connectivity index (χ3v) is 3.15. The lowest BCUT2D eigenvalue weighted by Gasteiger charge is -2.10. The van der Waals surface area contributed by atoms with Crippen molar-refractivity contribution in [2.45, 2.75) is 20.8 Å². The maximum absolute atomic E-state index is 11.3. The molecule has 0 aliphatic carbocycles. The summed E-state index contributed by atoms with van der Waals surface area (Å²) in [5, 5.41) is 13.1. The topological polar surface area (TPSA) is 72.6 Å². The molecule has 0 fully saturated rings. The first-order valence-electron chi connectivity index (χ1n) is 5.81. The summed E-state index contributed by atoms with van der Waals surface area (Å²) in [5.74, 6) is -0.198.